The normalized spacial score (nSPS) is 15.7. The van der Waals surface area contributed by atoms with Crippen LogP contribution in [0.15, 0.2) is 41.3 Å². The molecule has 0 atom stereocenters. The third kappa shape index (κ3) is 3.85. The lowest BCUT2D eigenvalue weighted by Crippen LogP contribution is -2.27. The Bertz CT molecular complexity index is 1010. The topological polar surface area (TPSA) is 80.5 Å². The molecule has 0 bridgehead atoms. The number of hydrogen-bond acceptors (Lipinski definition) is 5. The Kier molecular flexibility index (Phi) is 5.55. The molecule has 0 aromatic heterocycles. The summed E-state index contributed by atoms with van der Waals surface area (Å²) in [5.41, 5.74) is 1.62. The molecule has 0 saturated carbocycles. The second-order valence-electron chi connectivity index (χ2n) is 5.75. The summed E-state index contributed by atoms with van der Waals surface area (Å²) in [6.07, 6.45) is 1.32. The third-order valence-corrected chi connectivity index (χ3v) is 5.68. The van der Waals surface area contributed by atoms with E-state index in [4.69, 9.17) is 23.2 Å². The number of carbonyl (C=O) groups excluding carboxylic acids is 2. The number of nitro benzene ring substituents is 1. The Morgan fingerprint density at radius 1 is 1.19 bits per heavy atom. The van der Waals surface area contributed by atoms with Crippen molar-refractivity contribution in [1.29, 1.82) is 0 Å². The number of aryl methyl sites for hydroxylation is 1. The zero-order valence-electron chi connectivity index (χ0n) is 13.9. The first-order chi connectivity index (χ1) is 12.8. The zero-order chi connectivity index (χ0) is 19.7. The number of halogens is 2. The minimum Gasteiger partial charge on any atom is -0.268 e. The lowest BCUT2D eigenvalue weighted by atomic mass is 10.1. The summed E-state index contributed by atoms with van der Waals surface area (Å²) in [4.78, 5) is 36.6. The smallest absolute Gasteiger partial charge is 0.268 e. The fourth-order valence-corrected chi connectivity index (χ4v) is 3.93. The van der Waals surface area contributed by atoms with Crippen LogP contribution in [-0.2, 0) is 11.3 Å². The van der Waals surface area contributed by atoms with Crippen LogP contribution >= 0.6 is 35.0 Å². The highest BCUT2D eigenvalue weighted by Gasteiger charge is 2.35. The lowest BCUT2D eigenvalue weighted by Gasteiger charge is -2.14. The van der Waals surface area contributed by atoms with Crippen LogP contribution in [0.4, 0.5) is 10.5 Å². The van der Waals surface area contributed by atoms with Gasteiger partial charge in [-0.1, -0.05) is 47.5 Å². The molecule has 2 amide bonds. The van der Waals surface area contributed by atoms with Gasteiger partial charge in [0.15, 0.2) is 0 Å². The van der Waals surface area contributed by atoms with Crippen molar-refractivity contribution in [1.82, 2.24) is 4.90 Å². The van der Waals surface area contributed by atoms with Gasteiger partial charge in [0.25, 0.3) is 16.8 Å². The van der Waals surface area contributed by atoms with Gasteiger partial charge >= 0.3 is 0 Å². The molecule has 3 rings (SSSR count). The molecule has 138 valence electrons. The van der Waals surface area contributed by atoms with Crippen molar-refractivity contribution < 1.29 is 14.5 Å². The summed E-state index contributed by atoms with van der Waals surface area (Å²) >= 11 is 12.9. The predicted octanol–water partition coefficient (Wildman–Crippen LogP) is 5.45. The van der Waals surface area contributed by atoms with Crippen LogP contribution in [0.5, 0.6) is 0 Å². The second kappa shape index (κ2) is 7.72. The quantitative estimate of drug-likeness (QED) is 0.371. The van der Waals surface area contributed by atoms with Crippen molar-refractivity contribution in [3.8, 4) is 0 Å². The molecule has 27 heavy (non-hydrogen) atoms. The highest BCUT2D eigenvalue weighted by atomic mass is 35.5. The van der Waals surface area contributed by atoms with E-state index in [0.29, 0.717) is 0 Å². The Morgan fingerprint density at radius 2 is 1.89 bits per heavy atom. The number of thioether (sulfide) groups is 1. The maximum atomic E-state index is 12.7. The molecule has 2 aromatic carbocycles. The predicted molar refractivity (Wildman–Crippen MR) is 106 cm³/mol. The number of amides is 2. The number of nitrogens with zero attached hydrogens (tertiary/aromatic N) is 2. The van der Waals surface area contributed by atoms with E-state index in [1.165, 1.54) is 18.2 Å². The standard InChI is InChI=1S/C18H12Cl2N2O4S/c1-10-4-2-3-5-11(10)9-21-17(23)15(27-18(21)24)8-12-13(19)6-7-14(16(12)20)22(25)26/h2-8H,9H2,1H3/b15-8-. The number of imide groups is 1. The van der Waals surface area contributed by atoms with Gasteiger partial charge in [-0.3, -0.25) is 24.6 Å². The Morgan fingerprint density at radius 3 is 2.56 bits per heavy atom. The van der Waals surface area contributed by atoms with Gasteiger partial charge in [0, 0.05) is 16.7 Å². The van der Waals surface area contributed by atoms with Gasteiger partial charge in [0.1, 0.15) is 5.02 Å². The van der Waals surface area contributed by atoms with Gasteiger partial charge in [-0.2, -0.15) is 0 Å². The van der Waals surface area contributed by atoms with Gasteiger partial charge < -0.3 is 0 Å². The fourth-order valence-electron chi connectivity index (χ4n) is 2.56. The van der Waals surface area contributed by atoms with E-state index in [-0.39, 0.29) is 32.7 Å². The van der Waals surface area contributed by atoms with Crippen molar-refractivity contribution in [3.05, 3.63) is 78.2 Å². The minimum absolute atomic E-state index is 0.109. The first-order valence-electron chi connectivity index (χ1n) is 7.72. The Balaban J connectivity index is 1.95. The van der Waals surface area contributed by atoms with E-state index in [2.05, 4.69) is 0 Å². The van der Waals surface area contributed by atoms with Crippen LogP contribution in [0.3, 0.4) is 0 Å². The highest BCUT2D eigenvalue weighted by molar-refractivity contribution is 8.18. The largest absolute Gasteiger partial charge is 0.293 e. The Hall–Kier alpha value is -2.35. The molecule has 0 N–H and O–H groups in total. The monoisotopic (exact) mass is 422 g/mol. The average molecular weight is 423 g/mol. The molecule has 1 aliphatic rings. The van der Waals surface area contributed by atoms with E-state index < -0.39 is 16.1 Å². The van der Waals surface area contributed by atoms with E-state index >= 15 is 0 Å². The summed E-state index contributed by atoms with van der Waals surface area (Å²) in [7, 11) is 0. The van der Waals surface area contributed by atoms with Crippen molar-refractivity contribution in [3.63, 3.8) is 0 Å². The van der Waals surface area contributed by atoms with E-state index in [1.807, 2.05) is 31.2 Å². The summed E-state index contributed by atoms with van der Waals surface area (Å²) in [6.45, 7) is 2.04. The molecule has 0 unspecified atom stereocenters. The first kappa shape index (κ1) is 19.4. The van der Waals surface area contributed by atoms with Crippen molar-refractivity contribution in [2.45, 2.75) is 13.5 Å². The second-order valence-corrected chi connectivity index (χ2v) is 7.52. The van der Waals surface area contributed by atoms with Crippen LogP contribution in [0, 0.1) is 17.0 Å². The zero-order valence-corrected chi connectivity index (χ0v) is 16.3. The summed E-state index contributed by atoms with van der Waals surface area (Å²) in [6, 6.07) is 9.96. The molecule has 0 spiro atoms. The van der Waals surface area contributed by atoms with Crippen molar-refractivity contribution in [2.24, 2.45) is 0 Å². The minimum atomic E-state index is -0.639. The number of carbonyl (C=O) groups is 2. The average Bonchev–Trinajstić information content (AvgIpc) is 2.87. The lowest BCUT2D eigenvalue weighted by molar-refractivity contribution is -0.384. The highest BCUT2D eigenvalue weighted by Crippen LogP contribution is 2.39. The van der Waals surface area contributed by atoms with Gasteiger partial charge in [0.05, 0.1) is 16.4 Å². The first-order valence-corrected chi connectivity index (χ1v) is 9.29. The molecule has 1 fully saturated rings. The molecular formula is C18H12Cl2N2O4S. The van der Waals surface area contributed by atoms with Gasteiger partial charge in [-0.15, -0.1) is 0 Å². The number of nitro groups is 1. The fraction of sp³-hybridized carbons (Fsp3) is 0.111. The summed E-state index contributed by atoms with van der Waals surface area (Å²) in [5, 5.41) is 10.6. The molecule has 1 saturated heterocycles. The maximum absolute atomic E-state index is 12.7. The molecule has 0 radical (unpaired) electrons. The molecular weight excluding hydrogens is 411 g/mol. The van der Waals surface area contributed by atoms with Gasteiger partial charge in [0.2, 0.25) is 0 Å². The van der Waals surface area contributed by atoms with Gasteiger partial charge in [-0.25, -0.2) is 0 Å². The SMILES string of the molecule is Cc1ccccc1CN1C(=O)S/C(=C\c2c(Cl)ccc([N+](=O)[O-])c2Cl)C1=O. The van der Waals surface area contributed by atoms with E-state index in [0.717, 1.165) is 27.8 Å². The van der Waals surface area contributed by atoms with Crippen LogP contribution in [0.2, 0.25) is 10.0 Å². The Labute approximate surface area is 168 Å². The molecule has 6 nitrogen and oxygen atoms in total. The molecule has 0 aliphatic carbocycles. The van der Waals surface area contributed by atoms with E-state index in [1.54, 1.807) is 0 Å². The third-order valence-electron chi connectivity index (χ3n) is 4.04. The van der Waals surface area contributed by atoms with Gasteiger partial charge in [-0.05, 0) is 42.0 Å². The van der Waals surface area contributed by atoms with Crippen LogP contribution in [0.1, 0.15) is 16.7 Å². The molecule has 1 aliphatic heterocycles. The summed E-state index contributed by atoms with van der Waals surface area (Å²) < 4.78 is 0. The van der Waals surface area contributed by atoms with Crippen LogP contribution in [-0.4, -0.2) is 21.0 Å². The number of benzene rings is 2. The number of rotatable bonds is 4. The summed E-state index contributed by atoms with van der Waals surface area (Å²) in [5.74, 6) is -0.494. The molecule has 1 heterocycles. The molecule has 2 aromatic rings. The van der Waals surface area contributed by atoms with Crippen LogP contribution < -0.4 is 0 Å². The maximum Gasteiger partial charge on any atom is 0.293 e. The van der Waals surface area contributed by atoms with Crippen LogP contribution in [0.25, 0.3) is 6.08 Å². The van der Waals surface area contributed by atoms with Crippen molar-refractivity contribution >= 4 is 57.9 Å². The van der Waals surface area contributed by atoms with E-state index in [9.17, 15) is 19.7 Å². The molecule has 9 heteroatoms. The number of hydrogen-bond donors (Lipinski definition) is 0. The van der Waals surface area contributed by atoms with Crippen molar-refractivity contribution in [2.75, 3.05) is 0 Å².